The van der Waals surface area contributed by atoms with E-state index in [0.717, 1.165) is 0 Å². The summed E-state index contributed by atoms with van der Waals surface area (Å²) in [5.41, 5.74) is 11.2. The van der Waals surface area contributed by atoms with E-state index in [-0.39, 0.29) is 0 Å². The van der Waals surface area contributed by atoms with Crippen LogP contribution in [0.2, 0.25) is 0 Å². The number of rotatable bonds is 9. The molecule has 0 atom stereocenters. The van der Waals surface area contributed by atoms with Crippen molar-refractivity contribution in [2.75, 3.05) is 0 Å². The Balaban J connectivity index is 6.08. The van der Waals surface area contributed by atoms with E-state index in [1.54, 1.807) is 0 Å². The Hall–Kier alpha value is -3.24. The van der Waals surface area contributed by atoms with Crippen molar-refractivity contribution in [3.63, 3.8) is 0 Å². The smallest absolute Gasteiger partial charge is 0.398 e. The summed E-state index contributed by atoms with van der Waals surface area (Å²) in [5, 5.41) is 0. The molecule has 0 fully saturated rings. The van der Waals surface area contributed by atoms with E-state index in [2.05, 4.69) is 45.3 Å². The molecule has 0 aliphatic carbocycles. The van der Waals surface area contributed by atoms with Crippen LogP contribution in [-0.4, -0.2) is 35.7 Å². The minimum atomic E-state index is -3.08. The van der Waals surface area contributed by atoms with E-state index in [0.29, 0.717) is 24.3 Å². The maximum atomic E-state index is 11.4. The molecule has 10 heteroatoms. The molecule has 0 rings (SSSR count). The second-order valence-corrected chi connectivity index (χ2v) is 3.84. The summed E-state index contributed by atoms with van der Waals surface area (Å²) in [6, 6.07) is 0. The van der Waals surface area contributed by atoms with Gasteiger partial charge in [-0.25, -0.2) is 30.6 Å². The number of ether oxygens (including phenoxy) is 4. The fourth-order valence-corrected chi connectivity index (χ4v) is 1.09. The molecule has 0 saturated carbocycles. The SMILES string of the molecule is C=CC(=O)OC(N)(OC(=O)C=C)C(N)(OC(=O)C=C)OC(=O)C=C. The third kappa shape index (κ3) is 5.19. The number of esters is 4. The Bertz CT molecular complexity index is 500. The van der Waals surface area contributed by atoms with Crippen molar-refractivity contribution in [3.05, 3.63) is 50.6 Å². The number of hydrogen-bond donors (Lipinski definition) is 2. The highest BCUT2D eigenvalue weighted by atomic mass is 16.8. The molecule has 0 radical (unpaired) electrons. The molecule has 10 nitrogen and oxygen atoms in total. The first-order valence-electron chi connectivity index (χ1n) is 6.06. The average molecular weight is 340 g/mol. The molecule has 0 aromatic rings. The zero-order valence-electron chi connectivity index (χ0n) is 12.6. The molecule has 0 aliphatic rings. The molecule has 0 aromatic heterocycles. The molecule has 0 saturated heterocycles. The summed E-state index contributed by atoms with van der Waals surface area (Å²) >= 11 is 0. The summed E-state index contributed by atoms with van der Waals surface area (Å²) in [6.07, 6.45) is 2.53. The van der Waals surface area contributed by atoms with E-state index in [1.165, 1.54) is 0 Å². The highest BCUT2D eigenvalue weighted by molar-refractivity contribution is 5.85. The summed E-state index contributed by atoms with van der Waals surface area (Å²) in [4.78, 5) is 45.8. The van der Waals surface area contributed by atoms with Gasteiger partial charge in [0.1, 0.15) is 0 Å². The van der Waals surface area contributed by atoms with Crippen molar-refractivity contribution in [1.29, 1.82) is 0 Å². The van der Waals surface area contributed by atoms with Gasteiger partial charge in [-0.3, -0.25) is 0 Å². The summed E-state index contributed by atoms with van der Waals surface area (Å²) in [7, 11) is 0. The third-order valence-corrected chi connectivity index (χ3v) is 2.16. The lowest BCUT2D eigenvalue weighted by Crippen LogP contribution is -2.73. The van der Waals surface area contributed by atoms with Gasteiger partial charge in [-0.15, -0.1) is 0 Å². The number of carbonyl (C=O) groups is 4. The largest absolute Gasteiger partial charge is 0.414 e. The molecule has 0 amide bonds. The van der Waals surface area contributed by atoms with E-state index < -0.39 is 35.7 Å². The lowest BCUT2D eigenvalue weighted by atomic mass is 10.3. The fraction of sp³-hybridized carbons (Fsp3) is 0.143. The van der Waals surface area contributed by atoms with Crippen molar-refractivity contribution in [2.45, 2.75) is 11.8 Å². The third-order valence-electron chi connectivity index (χ3n) is 2.16. The summed E-state index contributed by atoms with van der Waals surface area (Å²) in [6.45, 7) is 12.4. The maximum absolute atomic E-state index is 11.4. The van der Waals surface area contributed by atoms with Gasteiger partial charge in [0, 0.05) is 24.3 Å². The molecule has 0 aromatic carbocycles. The van der Waals surface area contributed by atoms with Gasteiger partial charge in [0.05, 0.1) is 0 Å². The summed E-state index contributed by atoms with van der Waals surface area (Å²) < 4.78 is 18.4. The highest BCUT2D eigenvalue weighted by Gasteiger charge is 2.61. The van der Waals surface area contributed by atoms with Crippen molar-refractivity contribution in [1.82, 2.24) is 0 Å². The van der Waals surface area contributed by atoms with Gasteiger partial charge in [-0.2, -0.15) is 0 Å². The number of carbonyl (C=O) groups excluding carboxylic acids is 4. The van der Waals surface area contributed by atoms with Gasteiger partial charge < -0.3 is 18.9 Å². The highest BCUT2D eigenvalue weighted by Crippen LogP contribution is 2.26. The van der Waals surface area contributed by atoms with Crippen LogP contribution < -0.4 is 11.5 Å². The molecule has 0 spiro atoms. The zero-order valence-corrected chi connectivity index (χ0v) is 12.6. The van der Waals surface area contributed by atoms with Crippen LogP contribution in [0.4, 0.5) is 0 Å². The first kappa shape index (κ1) is 20.8. The minimum absolute atomic E-state index is 0.633. The Kier molecular flexibility index (Phi) is 7.27. The predicted octanol–water partition coefficient (Wildman–Crippen LogP) is -0.872. The van der Waals surface area contributed by atoms with Crippen LogP contribution in [0.15, 0.2) is 50.6 Å². The molecule has 4 N–H and O–H groups in total. The quantitative estimate of drug-likeness (QED) is 0.307. The molecule has 0 aliphatic heterocycles. The standard InChI is InChI=1S/C14H16N2O8/c1-5-9(17)21-13(15,22-10(18)6-2)14(16,23-11(19)7-3)24-12(20)8-4/h5-8H,1-4,15-16H2. The van der Waals surface area contributed by atoms with E-state index >= 15 is 0 Å². The van der Waals surface area contributed by atoms with Crippen LogP contribution in [0.25, 0.3) is 0 Å². The average Bonchev–Trinajstić information content (AvgIpc) is 2.53. The van der Waals surface area contributed by atoms with Crippen molar-refractivity contribution in [2.24, 2.45) is 11.5 Å². The van der Waals surface area contributed by atoms with Crippen molar-refractivity contribution >= 4 is 23.9 Å². The fourth-order valence-electron chi connectivity index (χ4n) is 1.09. The predicted molar refractivity (Wildman–Crippen MR) is 79.0 cm³/mol. The normalized spacial score (nSPS) is 10.6. The maximum Gasteiger partial charge on any atom is 0.414 e. The molecule has 0 bridgehead atoms. The van der Waals surface area contributed by atoms with Gasteiger partial charge in [0.25, 0.3) is 0 Å². The Morgan fingerprint density at radius 2 is 0.750 bits per heavy atom. The number of hydrogen-bond acceptors (Lipinski definition) is 10. The van der Waals surface area contributed by atoms with Crippen LogP contribution in [0.5, 0.6) is 0 Å². The Morgan fingerprint density at radius 3 is 0.875 bits per heavy atom. The zero-order chi connectivity index (χ0) is 19.0. The van der Waals surface area contributed by atoms with Crippen molar-refractivity contribution < 1.29 is 38.1 Å². The second kappa shape index (κ2) is 8.41. The van der Waals surface area contributed by atoms with E-state index in [4.69, 9.17) is 11.5 Å². The van der Waals surface area contributed by atoms with Gasteiger partial charge in [0.2, 0.25) is 0 Å². The lowest BCUT2D eigenvalue weighted by molar-refractivity contribution is -0.356. The van der Waals surface area contributed by atoms with Crippen LogP contribution in [0.1, 0.15) is 0 Å². The van der Waals surface area contributed by atoms with Gasteiger partial charge in [-0.05, 0) is 0 Å². The van der Waals surface area contributed by atoms with Gasteiger partial charge in [-0.1, -0.05) is 26.3 Å². The molecular weight excluding hydrogens is 324 g/mol. The van der Waals surface area contributed by atoms with E-state index in [1.807, 2.05) is 0 Å². The van der Waals surface area contributed by atoms with Gasteiger partial charge in [0.15, 0.2) is 0 Å². The molecule has 0 unspecified atom stereocenters. The lowest BCUT2D eigenvalue weighted by Gasteiger charge is -2.39. The second-order valence-electron chi connectivity index (χ2n) is 3.84. The van der Waals surface area contributed by atoms with Crippen molar-refractivity contribution in [3.8, 4) is 0 Å². The van der Waals surface area contributed by atoms with Gasteiger partial charge >= 0.3 is 35.7 Å². The Labute approximate surface area is 137 Å². The topological polar surface area (TPSA) is 157 Å². The van der Waals surface area contributed by atoms with Crippen LogP contribution in [-0.2, 0) is 38.1 Å². The van der Waals surface area contributed by atoms with Crippen LogP contribution >= 0.6 is 0 Å². The molecule has 0 heterocycles. The molecule has 24 heavy (non-hydrogen) atoms. The van der Waals surface area contributed by atoms with E-state index in [9.17, 15) is 19.2 Å². The Morgan fingerprint density at radius 1 is 0.583 bits per heavy atom. The monoisotopic (exact) mass is 340 g/mol. The first-order chi connectivity index (χ1) is 11.1. The first-order valence-corrected chi connectivity index (χ1v) is 6.06. The van der Waals surface area contributed by atoms with Crippen LogP contribution in [0, 0.1) is 0 Å². The molecular formula is C14H16N2O8. The number of nitrogens with two attached hydrogens (primary N) is 2. The minimum Gasteiger partial charge on any atom is -0.398 e. The summed E-state index contributed by atoms with van der Waals surface area (Å²) in [5.74, 6) is -11.1. The molecule has 130 valence electrons. The van der Waals surface area contributed by atoms with Crippen LogP contribution in [0.3, 0.4) is 0 Å².